The normalized spacial score (nSPS) is 25.6. The molecule has 9 nitrogen and oxygen atoms in total. The van der Waals surface area contributed by atoms with Gasteiger partial charge in [0.1, 0.15) is 5.82 Å². The predicted octanol–water partition coefficient (Wildman–Crippen LogP) is 1.66. The van der Waals surface area contributed by atoms with Gasteiger partial charge in [0.15, 0.2) is 11.3 Å². The van der Waals surface area contributed by atoms with E-state index < -0.39 is 10.0 Å². The number of aliphatic hydroxyl groups excluding tert-OH is 1. The van der Waals surface area contributed by atoms with Crippen LogP contribution < -0.4 is 0 Å². The van der Waals surface area contributed by atoms with Crippen LogP contribution in [0.5, 0.6) is 0 Å². The highest BCUT2D eigenvalue weighted by molar-refractivity contribution is 7.90. The Morgan fingerprint density at radius 2 is 2.14 bits per heavy atom. The molecule has 2 aliphatic carbocycles. The van der Waals surface area contributed by atoms with Crippen molar-refractivity contribution in [2.24, 2.45) is 5.92 Å². The highest BCUT2D eigenvalue weighted by atomic mass is 32.2. The van der Waals surface area contributed by atoms with E-state index in [0.29, 0.717) is 18.0 Å². The summed E-state index contributed by atoms with van der Waals surface area (Å²) < 4.78 is 29.6. The maximum absolute atomic E-state index is 13.0. The quantitative estimate of drug-likeness (QED) is 0.603. The van der Waals surface area contributed by atoms with E-state index in [9.17, 15) is 13.5 Å². The van der Waals surface area contributed by atoms with Gasteiger partial charge in [-0.3, -0.25) is 4.40 Å². The summed E-state index contributed by atoms with van der Waals surface area (Å²) in [5.41, 5.74) is 2.40. The molecule has 0 aromatic carbocycles. The van der Waals surface area contributed by atoms with Crippen LogP contribution in [-0.2, 0) is 10.0 Å². The lowest BCUT2D eigenvalue weighted by Crippen LogP contribution is -2.42. The van der Waals surface area contributed by atoms with Crippen LogP contribution in [0.1, 0.15) is 50.8 Å². The Balaban J connectivity index is 1.53. The van der Waals surface area contributed by atoms with Crippen molar-refractivity contribution in [2.75, 3.05) is 13.2 Å². The minimum Gasteiger partial charge on any atom is -0.395 e. The fraction of sp³-hybridized carbons (Fsp3) is 0.632. The summed E-state index contributed by atoms with van der Waals surface area (Å²) in [5, 5.41) is 18.1. The van der Waals surface area contributed by atoms with Crippen LogP contribution in [0.4, 0.5) is 0 Å². The number of hydrogen-bond donors (Lipinski definition) is 2. The summed E-state index contributed by atoms with van der Waals surface area (Å²) in [6.07, 6.45) is 7.42. The number of aromatic nitrogens is 5. The maximum Gasteiger partial charge on any atom is 0.217 e. The topological polar surface area (TPSA) is 116 Å². The molecule has 2 saturated carbocycles. The summed E-state index contributed by atoms with van der Waals surface area (Å²) >= 11 is 0. The van der Waals surface area contributed by atoms with Crippen LogP contribution in [0.25, 0.3) is 16.8 Å². The lowest BCUT2D eigenvalue weighted by molar-refractivity contribution is 0.223. The molecule has 10 heteroatoms. The van der Waals surface area contributed by atoms with Crippen molar-refractivity contribution < 1.29 is 13.5 Å². The Labute approximate surface area is 169 Å². The highest BCUT2D eigenvalue weighted by Crippen LogP contribution is 2.45. The van der Waals surface area contributed by atoms with Crippen molar-refractivity contribution in [1.29, 1.82) is 0 Å². The molecule has 5 rings (SSSR count). The zero-order valence-corrected chi connectivity index (χ0v) is 17.2. The maximum atomic E-state index is 13.0. The first-order valence-corrected chi connectivity index (χ1v) is 11.8. The molecule has 0 amide bonds. The third kappa shape index (κ3) is 3.04. The van der Waals surface area contributed by atoms with Crippen molar-refractivity contribution in [1.82, 2.24) is 28.9 Å². The molecule has 3 aromatic rings. The molecule has 0 saturated heterocycles. The standard InChI is InChI=1S/C19H26N6O3S/c1-2-12-9-13(24(7-8-26)29(27,28)14-3-4-14)10-15(12)19-23-22-17-11-21-18-16(25(17)19)5-6-20-18/h5-6,11-15,20,26H,2-4,7-10H2,1H3. The number of nitrogens with one attached hydrogen (secondary N) is 1. The molecule has 2 N–H and O–H groups in total. The van der Waals surface area contributed by atoms with Crippen molar-refractivity contribution in [2.45, 2.75) is 56.2 Å². The summed E-state index contributed by atoms with van der Waals surface area (Å²) in [4.78, 5) is 7.51. The van der Waals surface area contributed by atoms with Crippen LogP contribution >= 0.6 is 0 Å². The lowest BCUT2D eigenvalue weighted by Gasteiger charge is -2.27. The number of H-pyrrole nitrogens is 1. The highest BCUT2D eigenvalue weighted by Gasteiger charge is 2.47. The Morgan fingerprint density at radius 1 is 1.31 bits per heavy atom. The molecule has 2 fully saturated rings. The average molecular weight is 419 g/mol. The zero-order chi connectivity index (χ0) is 20.2. The molecular formula is C19H26N6O3S. The Hall–Kier alpha value is -2.04. The molecule has 3 aromatic heterocycles. The number of sulfonamides is 1. The van der Waals surface area contributed by atoms with Crippen molar-refractivity contribution >= 4 is 26.8 Å². The molecule has 0 aliphatic heterocycles. The van der Waals surface area contributed by atoms with Crippen LogP contribution in [-0.4, -0.2) is 66.8 Å². The lowest BCUT2D eigenvalue weighted by atomic mass is 9.93. The first-order valence-electron chi connectivity index (χ1n) is 10.3. The van der Waals surface area contributed by atoms with E-state index in [1.165, 1.54) is 0 Å². The van der Waals surface area contributed by atoms with Crippen LogP contribution in [0.2, 0.25) is 0 Å². The minimum atomic E-state index is -3.35. The van der Waals surface area contributed by atoms with Gasteiger partial charge in [-0.25, -0.2) is 13.4 Å². The number of aliphatic hydroxyl groups is 1. The summed E-state index contributed by atoms with van der Waals surface area (Å²) in [6.45, 7) is 2.15. The SMILES string of the molecule is CCC1CC(N(CCO)S(=O)(=O)C2CC2)CC1c1nnc2cnc3[nH]ccc3n12. The van der Waals surface area contributed by atoms with Crippen molar-refractivity contribution in [3.8, 4) is 0 Å². The van der Waals surface area contributed by atoms with E-state index in [0.717, 1.165) is 42.7 Å². The Morgan fingerprint density at radius 3 is 2.86 bits per heavy atom. The molecule has 3 unspecified atom stereocenters. The van der Waals surface area contributed by atoms with E-state index in [1.807, 2.05) is 16.7 Å². The molecule has 0 spiro atoms. The monoisotopic (exact) mass is 418 g/mol. The van der Waals surface area contributed by atoms with Crippen molar-refractivity contribution in [3.05, 3.63) is 24.3 Å². The molecule has 29 heavy (non-hydrogen) atoms. The third-order valence-corrected chi connectivity index (χ3v) is 8.94. The Bertz CT molecular complexity index is 1140. The summed E-state index contributed by atoms with van der Waals surface area (Å²) in [5.74, 6) is 1.29. The van der Waals surface area contributed by atoms with Crippen LogP contribution in [0, 0.1) is 5.92 Å². The molecule has 3 heterocycles. The van der Waals surface area contributed by atoms with E-state index in [-0.39, 0.29) is 30.4 Å². The summed E-state index contributed by atoms with van der Waals surface area (Å²) in [7, 11) is -3.35. The number of aromatic amines is 1. The molecule has 3 atom stereocenters. The second kappa shape index (κ2) is 7.03. The average Bonchev–Trinajstić information content (AvgIpc) is 3.14. The van der Waals surface area contributed by atoms with Gasteiger partial charge in [0.25, 0.3) is 0 Å². The summed E-state index contributed by atoms with van der Waals surface area (Å²) in [6, 6.07) is 1.85. The Kier molecular flexibility index (Phi) is 4.60. The molecule has 0 radical (unpaired) electrons. The van der Waals surface area contributed by atoms with Gasteiger partial charge in [-0.1, -0.05) is 13.3 Å². The molecule has 0 bridgehead atoms. The second-order valence-corrected chi connectivity index (χ2v) is 10.4. The molecular weight excluding hydrogens is 392 g/mol. The predicted molar refractivity (Wildman–Crippen MR) is 108 cm³/mol. The van der Waals surface area contributed by atoms with Gasteiger partial charge in [-0.2, -0.15) is 4.31 Å². The van der Waals surface area contributed by atoms with Crippen molar-refractivity contribution in [3.63, 3.8) is 0 Å². The zero-order valence-electron chi connectivity index (χ0n) is 16.4. The van der Waals surface area contributed by atoms with E-state index in [2.05, 4.69) is 27.1 Å². The number of hydrogen-bond acceptors (Lipinski definition) is 6. The minimum absolute atomic E-state index is 0.107. The number of nitrogens with zero attached hydrogens (tertiary/aromatic N) is 5. The van der Waals surface area contributed by atoms with Crippen LogP contribution in [0.3, 0.4) is 0 Å². The molecule has 2 aliphatic rings. The van der Waals surface area contributed by atoms with E-state index in [4.69, 9.17) is 0 Å². The van der Waals surface area contributed by atoms with Gasteiger partial charge in [0.2, 0.25) is 10.0 Å². The second-order valence-electron chi connectivity index (χ2n) is 8.20. The number of fused-ring (bicyclic) bond motifs is 3. The smallest absolute Gasteiger partial charge is 0.217 e. The van der Waals surface area contributed by atoms with E-state index >= 15 is 0 Å². The van der Waals surface area contributed by atoms with Gasteiger partial charge in [-0.05, 0) is 37.7 Å². The van der Waals surface area contributed by atoms with Gasteiger partial charge in [0.05, 0.1) is 23.6 Å². The number of rotatable bonds is 7. The molecule has 156 valence electrons. The largest absolute Gasteiger partial charge is 0.395 e. The van der Waals surface area contributed by atoms with Crippen LogP contribution in [0.15, 0.2) is 18.5 Å². The van der Waals surface area contributed by atoms with Gasteiger partial charge >= 0.3 is 0 Å². The first kappa shape index (κ1) is 19.0. The van der Waals surface area contributed by atoms with Gasteiger partial charge in [-0.15, -0.1) is 10.2 Å². The fourth-order valence-electron chi connectivity index (χ4n) is 4.91. The van der Waals surface area contributed by atoms with E-state index in [1.54, 1.807) is 10.5 Å². The van der Waals surface area contributed by atoms with Gasteiger partial charge < -0.3 is 10.1 Å². The van der Waals surface area contributed by atoms with Gasteiger partial charge in [0, 0.05) is 24.7 Å². The third-order valence-electron chi connectivity index (χ3n) is 6.49. The first-order chi connectivity index (χ1) is 14.0. The fourth-order valence-corrected chi connectivity index (χ4v) is 6.95.